The lowest BCUT2D eigenvalue weighted by molar-refractivity contribution is -0.138. The number of aromatic nitrogens is 1. The number of aliphatic carboxylic acids is 1. The molecule has 2 aromatic carbocycles. The monoisotopic (exact) mass is 653 g/mol. The number of ether oxygens (including phenoxy) is 2. The van der Waals surface area contributed by atoms with Gasteiger partial charge in [0, 0.05) is 39.5 Å². The molecule has 202 valence electrons. The molecule has 0 bridgehead atoms. The van der Waals surface area contributed by atoms with Crippen LogP contribution >= 0.6 is 22.6 Å². The molecule has 1 saturated carbocycles. The van der Waals surface area contributed by atoms with Gasteiger partial charge in [0.2, 0.25) is 5.88 Å². The molecule has 7 nitrogen and oxygen atoms in total. The van der Waals surface area contributed by atoms with Crippen LogP contribution in [0.15, 0.2) is 48.7 Å². The van der Waals surface area contributed by atoms with E-state index >= 15 is 0 Å². The van der Waals surface area contributed by atoms with Gasteiger partial charge in [0.15, 0.2) is 0 Å². The Morgan fingerprint density at radius 3 is 2.50 bits per heavy atom. The quantitative estimate of drug-likeness (QED) is 0.166. The number of pyridine rings is 1. The van der Waals surface area contributed by atoms with E-state index in [4.69, 9.17) is 9.47 Å². The molecule has 3 aromatic rings. The Bertz CT molecular complexity index is 1460. The number of halogens is 2. The van der Waals surface area contributed by atoms with E-state index in [0.717, 1.165) is 27.8 Å². The van der Waals surface area contributed by atoms with Crippen LogP contribution in [0.4, 0.5) is 4.39 Å². The fourth-order valence-corrected chi connectivity index (χ4v) is 6.46. The van der Waals surface area contributed by atoms with Gasteiger partial charge in [-0.3, -0.25) is 4.79 Å². The molecule has 1 unspecified atom stereocenters. The van der Waals surface area contributed by atoms with Crippen molar-refractivity contribution in [3.8, 4) is 22.8 Å². The predicted octanol–water partition coefficient (Wildman–Crippen LogP) is 5.50. The molecular formula is C28H29FINO6S. The summed E-state index contributed by atoms with van der Waals surface area (Å²) in [6.45, 7) is 4.11. The number of benzene rings is 2. The second-order valence-electron chi connectivity index (χ2n) is 9.62. The van der Waals surface area contributed by atoms with E-state index in [1.54, 1.807) is 30.5 Å². The van der Waals surface area contributed by atoms with Gasteiger partial charge >= 0.3 is 5.97 Å². The summed E-state index contributed by atoms with van der Waals surface area (Å²) in [5, 5.41) is 9.35. The molecule has 1 aromatic heterocycles. The Balaban J connectivity index is 1.42. The summed E-state index contributed by atoms with van der Waals surface area (Å²) in [6, 6.07) is 12.1. The average molecular weight is 654 g/mol. The lowest BCUT2D eigenvalue weighted by atomic mass is 10.0. The van der Waals surface area contributed by atoms with Crippen molar-refractivity contribution in [2.75, 3.05) is 18.6 Å². The van der Waals surface area contributed by atoms with Crippen molar-refractivity contribution in [2.24, 2.45) is 5.92 Å². The number of carboxylic acid groups (broad SMARTS) is 1. The molecule has 10 heteroatoms. The third-order valence-electron chi connectivity index (χ3n) is 6.56. The maximum Gasteiger partial charge on any atom is 0.308 e. The minimum absolute atomic E-state index is 0.00241. The average Bonchev–Trinajstić information content (AvgIpc) is 3.51. The third kappa shape index (κ3) is 6.82. The lowest BCUT2D eigenvalue weighted by Gasteiger charge is -2.13. The van der Waals surface area contributed by atoms with E-state index in [1.165, 1.54) is 12.3 Å². The van der Waals surface area contributed by atoms with Gasteiger partial charge in [0.25, 0.3) is 0 Å². The number of sulfone groups is 1. The largest absolute Gasteiger partial charge is 0.489 e. The van der Waals surface area contributed by atoms with Crippen LogP contribution in [0.3, 0.4) is 0 Å². The number of rotatable bonds is 11. The molecule has 38 heavy (non-hydrogen) atoms. The zero-order valence-electron chi connectivity index (χ0n) is 21.3. The SMILES string of the molecule is Cc1cc(OCCCS(C)(=O)=O)ncc1-c1ccc(F)c(COc2ccc(C3[C@@H](I)[C@@H]3C(=O)O)c(C)c2)c1. The van der Waals surface area contributed by atoms with Gasteiger partial charge in [-0.2, -0.15) is 0 Å². The minimum Gasteiger partial charge on any atom is -0.489 e. The molecule has 1 aliphatic carbocycles. The molecule has 0 amide bonds. The van der Waals surface area contributed by atoms with E-state index < -0.39 is 15.8 Å². The fourth-order valence-electron chi connectivity index (χ4n) is 4.46. The maximum absolute atomic E-state index is 14.6. The smallest absolute Gasteiger partial charge is 0.308 e. The van der Waals surface area contributed by atoms with Crippen LogP contribution in [0.1, 0.15) is 34.6 Å². The van der Waals surface area contributed by atoms with Crippen molar-refractivity contribution in [3.05, 3.63) is 76.7 Å². The summed E-state index contributed by atoms with van der Waals surface area (Å²) in [5.41, 5.74) is 4.84. The topological polar surface area (TPSA) is 103 Å². The summed E-state index contributed by atoms with van der Waals surface area (Å²) >= 11 is 2.19. The lowest BCUT2D eigenvalue weighted by Crippen LogP contribution is -2.08. The van der Waals surface area contributed by atoms with Crippen molar-refractivity contribution < 1.29 is 32.2 Å². The van der Waals surface area contributed by atoms with Gasteiger partial charge in [0.1, 0.15) is 28.0 Å². The molecule has 1 heterocycles. The molecule has 0 spiro atoms. The van der Waals surface area contributed by atoms with E-state index in [0.29, 0.717) is 23.6 Å². The van der Waals surface area contributed by atoms with Crippen molar-refractivity contribution in [1.82, 2.24) is 4.98 Å². The van der Waals surface area contributed by atoms with Gasteiger partial charge in [-0.15, -0.1) is 0 Å². The van der Waals surface area contributed by atoms with Crippen LogP contribution in [0.2, 0.25) is 0 Å². The molecule has 3 atom stereocenters. The highest BCUT2D eigenvalue weighted by atomic mass is 127. The standard InChI is InChI=1S/C28H29FINO6S/c1-16-11-20(6-7-21(16)25-26(27(25)30)28(32)33)37-15-19-13-18(5-8-23(19)29)22-14-31-24(12-17(22)2)36-9-4-10-38(3,34)35/h5-8,11-14,25-27H,4,9-10,15H2,1-3H3,(H,32,33)/t25?,26-,27-/m1/s1. The van der Waals surface area contributed by atoms with Gasteiger partial charge in [-0.05, 0) is 66.8 Å². The zero-order valence-corrected chi connectivity index (χ0v) is 24.3. The minimum atomic E-state index is -3.03. The Labute approximate surface area is 235 Å². The Morgan fingerprint density at radius 2 is 1.87 bits per heavy atom. The molecular weight excluding hydrogens is 624 g/mol. The first-order valence-electron chi connectivity index (χ1n) is 12.1. The second kappa shape index (κ2) is 11.6. The van der Waals surface area contributed by atoms with E-state index in [-0.39, 0.29) is 40.5 Å². The third-order valence-corrected chi connectivity index (χ3v) is 9.14. The van der Waals surface area contributed by atoms with Gasteiger partial charge in [-0.1, -0.05) is 34.7 Å². The Hall–Kier alpha value is -2.73. The van der Waals surface area contributed by atoms with Crippen LogP contribution < -0.4 is 9.47 Å². The number of hydrogen-bond donors (Lipinski definition) is 1. The van der Waals surface area contributed by atoms with Crippen molar-refractivity contribution >= 4 is 38.4 Å². The summed E-state index contributed by atoms with van der Waals surface area (Å²) in [5.74, 6) is -0.481. The highest BCUT2D eigenvalue weighted by Crippen LogP contribution is 2.54. The van der Waals surface area contributed by atoms with Crippen molar-refractivity contribution in [2.45, 2.75) is 36.7 Å². The summed E-state index contributed by atoms with van der Waals surface area (Å²) in [4.78, 5) is 15.7. The van der Waals surface area contributed by atoms with Crippen LogP contribution in [0, 0.1) is 25.6 Å². The molecule has 1 aliphatic rings. The second-order valence-corrected chi connectivity index (χ2v) is 13.3. The highest BCUT2D eigenvalue weighted by molar-refractivity contribution is 14.1. The molecule has 0 aliphatic heterocycles. The van der Waals surface area contributed by atoms with E-state index in [2.05, 4.69) is 27.6 Å². The highest BCUT2D eigenvalue weighted by Gasteiger charge is 2.54. The molecule has 4 rings (SSSR count). The Kier molecular flexibility index (Phi) is 8.61. The number of hydrogen-bond acceptors (Lipinski definition) is 6. The van der Waals surface area contributed by atoms with Crippen molar-refractivity contribution in [3.63, 3.8) is 0 Å². The molecule has 1 fully saturated rings. The zero-order chi connectivity index (χ0) is 27.6. The molecule has 1 N–H and O–H groups in total. The summed E-state index contributed by atoms with van der Waals surface area (Å²) in [6.07, 6.45) is 3.23. The fraction of sp³-hybridized carbons (Fsp3) is 0.357. The van der Waals surface area contributed by atoms with Crippen LogP contribution in [-0.2, 0) is 21.2 Å². The maximum atomic E-state index is 14.6. The first-order chi connectivity index (χ1) is 17.9. The number of nitrogens with zero attached hydrogens (tertiary/aromatic N) is 1. The predicted molar refractivity (Wildman–Crippen MR) is 151 cm³/mol. The van der Waals surface area contributed by atoms with E-state index in [9.17, 15) is 22.7 Å². The molecule has 0 saturated heterocycles. The van der Waals surface area contributed by atoms with Crippen LogP contribution in [0.5, 0.6) is 11.6 Å². The van der Waals surface area contributed by atoms with Gasteiger partial charge in [0.05, 0.1) is 18.3 Å². The molecule has 0 radical (unpaired) electrons. The summed E-state index contributed by atoms with van der Waals surface area (Å²) < 4.78 is 48.7. The van der Waals surface area contributed by atoms with Gasteiger partial charge in [-0.25, -0.2) is 17.8 Å². The number of alkyl halides is 1. The van der Waals surface area contributed by atoms with Crippen LogP contribution in [0.25, 0.3) is 11.1 Å². The van der Waals surface area contributed by atoms with Gasteiger partial charge < -0.3 is 14.6 Å². The van der Waals surface area contributed by atoms with Crippen molar-refractivity contribution in [1.29, 1.82) is 0 Å². The first kappa shape index (κ1) is 28.3. The summed E-state index contributed by atoms with van der Waals surface area (Å²) in [7, 11) is -3.03. The number of carbonyl (C=O) groups is 1. The first-order valence-corrected chi connectivity index (χ1v) is 15.4. The normalized spacial score (nSPS) is 18.7. The number of carboxylic acids is 1. The number of aryl methyl sites for hydroxylation is 2. The Morgan fingerprint density at radius 1 is 1.11 bits per heavy atom. The van der Waals surface area contributed by atoms with E-state index in [1.807, 2.05) is 26.0 Å². The van der Waals surface area contributed by atoms with Crippen LogP contribution in [-0.4, -0.2) is 47.0 Å².